The highest BCUT2D eigenvalue weighted by Gasteiger charge is 2.27. The first-order valence-electron chi connectivity index (χ1n) is 4.55. The average Bonchev–Trinajstić information content (AvgIpc) is 2.87. The number of aliphatic carboxylic acids is 1. The molecule has 0 unspecified atom stereocenters. The van der Waals surface area contributed by atoms with Crippen molar-refractivity contribution in [3.8, 4) is 0 Å². The van der Waals surface area contributed by atoms with Crippen molar-refractivity contribution in [3.63, 3.8) is 0 Å². The molecule has 0 atom stereocenters. The molecule has 1 fully saturated rings. The smallest absolute Gasteiger partial charge is 0.305 e. The van der Waals surface area contributed by atoms with E-state index < -0.39 is 5.97 Å². The lowest BCUT2D eigenvalue weighted by atomic mass is 10.4. The summed E-state index contributed by atoms with van der Waals surface area (Å²) >= 11 is 1.30. The summed E-state index contributed by atoms with van der Waals surface area (Å²) in [6.07, 6.45) is 2.48. The molecule has 1 aliphatic rings. The van der Waals surface area contributed by atoms with Gasteiger partial charge in [0.1, 0.15) is 5.82 Å². The second-order valence-electron chi connectivity index (χ2n) is 3.30. The maximum Gasteiger partial charge on any atom is 0.305 e. The number of carboxylic acid groups (broad SMARTS) is 1. The molecule has 14 heavy (non-hydrogen) atoms. The van der Waals surface area contributed by atoms with E-state index in [1.54, 1.807) is 0 Å². The number of aromatic nitrogens is 2. The fourth-order valence-electron chi connectivity index (χ4n) is 1.09. The number of carbonyl (C=O) groups is 1. The van der Waals surface area contributed by atoms with E-state index in [1.165, 1.54) is 24.4 Å². The Morgan fingerprint density at radius 1 is 1.64 bits per heavy atom. The molecule has 0 aliphatic heterocycles. The first kappa shape index (κ1) is 9.39. The van der Waals surface area contributed by atoms with Gasteiger partial charge in [0.05, 0.1) is 6.42 Å². The predicted molar refractivity (Wildman–Crippen MR) is 52.6 cm³/mol. The van der Waals surface area contributed by atoms with E-state index in [-0.39, 0.29) is 6.42 Å². The Kier molecular flexibility index (Phi) is 2.62. The molecule has 1 heterocycles. The first-order valence-corrected chi connectivity index (χ1v) is 5.32. The topological polar surface area (TPSA) is 75.1 Å². The number of nitrogens with one attached hydrogen (secondary N) is 1. The zero-order chi connectivity index (χ0) is 9.97. The van der Waals surface area contributed by atoms with Gasteiger partial charge >= 0.3 is 5.97 Å². The Bertz CT molecular complexity index is 335. The molecular formula is C8H11N3O2S. The Labute approximate surface area is 85.3 Å². The van der Waals surface area contributed by atoms with Crippen molar-refractivity contribution >= 4 is 22.6 Å². The second-order valence-corrected chi connectivity index (χ2v) is 4.05. The predicted octanol–water partition coefficient (Wildman–Crippen LogP) is 1.30. The summed E-state index contributed by atoms with van der Waals surface area (Å²) in [5.74, 6) is 0.665. The molecule has 2 rings (SSSR count). The molecule has 0 saturated heterocycles. The van der Waals surface area contributed by atoms with Gasteiger partial charge in [-0.15, -0.1) is 0 Å². The van der Waals surface area contributed by atoms with Gasteiger partial charge in [0.2, 0.25) is 5.13 Å². The number of hydrogen-bond donors (Lipinski definition) is 2. The maximum atomic E-state index is 10.2. The maximum absolute atomic E-state index is 10.2. The third kappa shape index (κ3) is 2.41. The molecule has 76 valence electrons. The lowest BCUT2D eigenvalue weighted by Gasteiger charge is -1.96. The molecule has 0 amide bonds. The van der Waals surface area contributed by atoms with Gasteiger partial charge in [0.25, 0.3) is 0 Å². The molecule has 0 bridgehead atoms. The number of hydrogen-bond acceptors (Lipinski definition) is 5. The van der Waals surface area contributed by atoms with E-state index in [9.17, 15) is 4.79 Å². The fraction of sp³-hybridized carbons (Fsp3) is 0.625. The molecular weight excluding hydrogens is 202 g/mol. The quantitative estimate of drug-likeness (QED) is 0.771. The minimum Gasteiger partial charge on any atom is -0.481 e. The third-order valence-corrected chi connectivity index (χ3v) is 2.69. The van der Waals surface area contributed by atoms with E-state index in [1.807, 2.05) is 0 Å². The summed E-state index contributed by atoms with van der Waals surface area (Å²) in [7, 11) is 0. The van der Waals surface area contributed by atoms with Crippen LogP contribution in [0.25, 0.3) is 0 Å². The van der Waals surface area contributed by atoms with E-state index in [4.69, 9.17) is 5.11 Å². The highest BCUT2D eigenvalue weighted by Crippen LogP contribution is 2.39. The van der Waals surface area contributed by atoms with Crippen LogP contribution in [0.1, 0.15) is 31.0 Å². The summed E-state index contributed by atoms with van der Waals surface area (Å²) in [5.41, 5.74) is 0. The summed E-state index contributed by atoms with van der Waals surface area (Å²) < 4.78 is 4.20. The minimum atomic E-state index is -0.801. The average molecular weight is 213 g/mol. The zero-order valence-corrected chi connectivity index (χ0v) is 8.38. The number of nitrogens with zero attached hydrogens (tertiary/aromatic N) is 2. The zero-order valence-electron chi connectivity index (χ0n) is 7.56. The Balaban J connectivity index is 1.80. The standard InChI is InChI=1S/C8H11N3O2S/c12-6(13)3-4-9-8-10-7(11-14-8)5-1-2-5/h5H,1-4H2,(H,12,13)(H,9,10,11). The molecule has 1 aromatic rings. The van der Waals surface area contributed by atoms with Crippen molar-refractivity contribution in [2.75, 3.05) is 11.9 Å². The summed E-state index contributed by atoms with van der Waals surface area (Å²) in [6, 6.07) is 0. The molecule has 0 radical (unpaired) electrons. The van der Waals surface area contributed by atoms with Crippen LogP contribution in [0.15, 0.2) is 0 Å². The Morgan fingerprint density at radius 2 is 2.43 bits per heavy atom. The molecule has 0 aromatic carbocycles. The van der Waals surface area contributed by atoms with Crippen molar-refractivity contribution in [1.29, 1.82) is 0 Å². The van der Waals surface area contributed by atoms with Crippen LogP contribution in [0.3, 0.4) is 0 Å². The van der Waals surface area contributed by atoms with Gasteiger partial charge in [0.15, 0.2) is 0 Å². The largest absolute Gasteiger partial charge is 0.481 e. The summed E-state index contributed by atoms with van der Waals surface area (Å²) in [4.78, 5) is 14.5. The monoisotopic (exact) mass is 213 g/mol. The normalized spacial score (nSPS) is 15.4. The van der Waals surface area contributed by atoms with Crippen molar-refractivity contribution in [3.05, 3.63) is 5.82 Å². The molecule has 1 saturated carbocycles. The number of carboxylic acids is 1. The molecule has 1 aromatic heterocycles. The summed E-state index contributed by atoms with van der Waals surface area (Å²) in [6.45, 7) is 0.411. The SMILES string of the molecule is O=C(O)CCNc1nc(C2CC2)ns1. The van der Waals surface area contributed by atoms with Crippen molar-refractivity contribution < 1.29 is 9.90 Å². The van der Waals surface area contributed by atoms with E-state index in [0.29, 0.717) is 12.5 Å². The van der Waals surface area contributed by atoms with Gasteiger partial charge in [-0.1, -0.05) is 0 Å². The highest BCUT2D eigenvalue weighted by atomic mass is 32.1. The lowest BCUT2D eigenvalue weighted by Crippen LogP contribution is -2.07. The van der Waals surface area contributed by atoms with Crippen molar-refractivity contribution in [2.24, 2.45) is 0 Å². The molecule has 0 spiro atoms. The van der Waals surface area contributed by atoms with Gasteiger partial charge in [0, 0.05) is 24.0 Å². The fourth-order valence-corrected chi connectivity index (χ4v) is 1.76. The minimum absolute atomic E-state index is 0.109. The van der Waals surface area contributed by atoms with E-state index in [0.717, 1.165) is 11.0 Å². The van der Waals surface area contributed by atoms with Crippen molar-refractivity contribution in [2.45, 2.75) is 25.2 Å². The van der Waals surface area contributed by atoms with E-state index >= 15 is 0 Å². The lowest BCUT2D eigenvalue weighted by molar-refractivity contribution is -0.136. The van der Waals surface area contributed by atoms with Gasteiger partial charge < -0.3 is 10.4 Å². The Hall–Kier alpha value is -1.17. The molecule has 5 nitrogen and oxygen atoms in total. The second kappa shape index (κ2) is 3.91. The summed E-state index contributed by atoms with van der Waals surface area (Å²) in [5, 5.41) is 12.1. The van der Waals surface area contributed by atoms with Crippen LogP contribution in [0, 0.1) is 0 Å². The van der Waals surface area contributed by atoms with Crippen LogP contribution in [-0.2, 0) is 4.79 Å². The molecule has 1 aliphatic carbocycles. The number of anilines is 1. The molecule has 6 heteroatoms. The van der Waals surface area contributed by atoms with Crippen LogP contribution in [0.4, 0.5) is 5.13 Å². The van der Waals surface area contributed by atoms with Crippen LogP contribution in [0.2, 0.25) is 0 Å². The number of rotatable bonds is 5. The third-order valence-electron chi connectivity index (χ3n) is 2.00. The van der Waals surface area contributed by atoms with Gasteiger partial charge in [-0.05, 0) is 12.8 Å². The van der Waals surface area contributed by atoms with Crippen LogP contribution in [-0.4, -0.2) is 27.0 Å². The van der Waals surface area contributed by atoms with Gasteiger partial charge in [-0.2, -0.15) is 4.37 Å². The molecule has 2 N–H and O–H groups in total. The van der Waals surface area contributed by atoms with Crippen molar-refractivity contribution in [1.82, 2.24) is 9.36 Å². The van der Waals surface area contributed by atoms with Crippen LogP contribution < -0.4 is 5.32 Å². The van der Waals surface area contributed by atoms with Crippen LogP contribution >= 0.6 is 11.5 Å². The first-order chi connectivity index (χ1) is 6.75. The van der Waals surface area contributed by atoms with E-state index in [2.05, 4.69) is 14.7 Å². The van der Waals surface area contributed by atoms with Gasteiger partial charge in [-0.25, -0.2) is 4.98 Å². The van der Waals surface area contributed by atoms with Gasteiger partial charge in [-0.3, -0.25) is 4.79 Å². The highest BCUT2D eigenvalue weighted by molar-refractivity contribution is 7.09. The Morgan fingerprint density at radius 3 is 3.07 bits per heavy atom. The van der Waals surface area contributed by atoms with Crippen LogP contribution in [0.5, 0.6) is 0 Å².